The van der Waals surface area contributed by atoms with Crippen LogP contribution in [0, 0.1) is 0 Å². The first kappa shape index (κ1) is 18.3. The van der Waals surface area contributed by atoms with Crippen LogP contribution in [0.2, 0.25) is 0 Å². The molecule has 0 unspecified atom stereocenters. The lowest BCUT2D eigenvalue weighted by Gasteiger charge is -2.10. The summed E-state index contributed by atoms with van der Waals surface area (Å²) in [5.74, 6) is -1.08. The van der Waals surface area contributed by atoms with Gasteiger partial charge in [0.25, 0.3) is 0 Å². The lowest BCUT2D eigenvalue weighted by molar-refractivity contribution is -0.111. The van der Waals surface area contributed by atoms with Crippen molar-refractivity contribution in [1.82, 2.24) is 4.98 Å². The lowest BCUT2D eigenvalue weighted by Crippen LogP contribution is -2.13. The van der Waals surface area contributed by atoms with Gasteiger partial charge in [0.05, 0.1) is 17.4 Å². The van der Waals surface area contributed by atoms with Crippen LogP contribution in [0.25, 0.3) is 17.0 Å². The Kier molecular flexibility index (Phi) is 5.26. The van der Waals surface area contributed by atoms with E-state index in [0.29, 0.717) is 0 Å². The number of anilines is 1. The van der Waals surface area contributed by atoms with Crippen molar-refractivity contribution in [3.8, 4) is 5.75 Å². The lowest BCUT2D eigenvalue weighted by atomic mass is 10.1. The zero-order chi connectivity index (χ0) is 19.4. The predicted molar refractivity (Wildman–Crippen MR) is 105 cm³/mol. The van der Waals surface area contributed by atoms with E-state index in [1.165, 1.54) is 24.3 Å². The molecule has 1 amide bonds. The summed E-state index contributed by atoms with van der Waals surface area (Å²) in [6.07, 6.45) is 4.61. The molecule has 0 aliphatic heterocycles. The highest BCUT2D eigenvalue weighted by molar-refractivity contribution is 6.04. The van der Waals surface area contributed by atoms with Crippen LogP contribution < -0.4 is 5.32 Å². The number of benzene rings is 2. The highest BCUT2D eigenvalue weighted by atomic mass is 16.5. The Labute approximate surface area is 156 Å². The van der Waals surface area contributed by atoms with Crippen molar-refractivity contribution in [1.29, 1.82) is 0 Å². The zero-order valence-electron chi connectivity index (χ0n) is 15.0. The molecular weight excluding hydrogens is 344 g/mol. The topological polar surface area (TPSA) is 91.4 Å². The van der Waals surface area contributed by atoms with Gasteiger partial charge in [0.2, 0.25) is 5.91 Å². The summed E-state index contributed by atoms with van der Waals surface area (Å²) in [4.78, 5) is 27.3. The molecule has 1 heterocycles. The first-order valence-corrected chi connectivity index (χ1v) is 8.53. The van der Waals surface area contributed by atoms with Gasteiger partial charge in [-0.2, -0.15) is 0 Å². The van der Waals surface area contributed by atoms with E-state index in [9.17, 15) is 14.7 Å². The maximum atomic E-state index is 12.2. The number of hydrogen-bond acceptors (Lipinski definition) is 4. The van der Waals surface area contributed by atoms with Gasteiger partial charge in [0, 0.05) is 23.2 Å². The summed E-state index contributed by atoms with van der Waals surface area (Å²) < 4.78 is 5.12. The van der Waals surface area contributed by atoms with Crippen molar-refractivity contribution in [2.24, 2.45) is 0 Å². The van der Waals surface area contributed by atoms with Crippen LogP contribution in [0.5, 0.6) is 5.75 Å². The number of aromatic hydroxyl groups is 1. The van der Waals surface area contributed by atoms with Gasteiger partial charge in [-0.05, 0) is 49.8 Å². The number of amides is 1. The SMILES string of the molecule is CC(C)OC(=O)c1ccc(O)c(NC(=O)C=Cc2c[nH]c3ccccc23)c1. The molecule has 0 saturated carbocycles. The van der Waals surface area contributed by atoms with E-state index in [0.717, 1.165) is 16.5 Å². The molecule has 0 aliphatic carbocycles. The van der Waals surface area contributed by atoms with Gasteiger partial charge in [-0.15, -0.1) is 0 Å². The molecule has 0 spiro atoms. The molecule has 0 radical (unpaired) electrons. The molecule has 0 saturated heterocycles. The molecule has 6 nitrogen and oxygen atoms in total. The summed E-state index contributed by atoms with van der Waals surface area (Å²) >= 11 is 0. The second-order valence-electron chi connectivity index (χ2n) is 6.30. The Morgan fingerprint density at radius 3 is 2.74 bits per heavy atom. The maximum absolute atomic E-state index is 12.2. The average molecular weight is 364 g/mol. The molecule has 2 aromatic carbocycles. The number of aromatic amines is 1. The number of rotatable bonds is 5. The van der Waals surface area contributed by atoms with E-state index in [-0.39, 0.29) is 23.1 Å². The van der Waals surface area contributed by atoms with Crippen molar-refractivity contribution in [2.75, 3.05) is 5.32 Å². The number of carbonyl (C=O) groups excluding carboxylic acids is 2. The molecule has 6 heteroatoms. The van der Waals surface area contributed by atoms with Gasteiger partial charge in [-0.25, -0.2) is 4.79 Å². The normalized spacial score (nSPS) is 11.2. The first-order chi connectivity index (χ1) is 12.9. The number of aromatic nitrogens is 1. The second-order valence-corrected chi connectivity index (χ2v) is 6.30. The van der Waals surface area contributed by atoms with E-state index in [1.807, 2.05) is 30.5 Å². The summed E-state index contributed by atoms with van der Waals surface area (Å²) in [6, 6.07) is 11.9. The highest BCUT2D eigenvalue weighted by Gasteiger charge is 2.13. The van der Waals surface area contributed by atoms with Crippen LogP contribution in [0.4, 0.5) is 5.69 Å². The third-order valence-corrected chi connectivity index (χ3v) is 3.87. The molecule has 3 aromatic rings. The second kappa shape index (κ2) is 7.78. The van der Waals surface area contributed by atoms with Gasteiger partial charge in [0.1, 0.15) is 5.75 Å². The smallest absolute Gasteiger partial charge is 0.338 e. The number of ether oxygens (including phenoxy) is 1. The van der Waals surface area contributed by atoms with Crippen LogP contribution in [0.1, 0.15) is 29.8 Å². The molecule has 3 rings (SSSR count). The quantitative estimate of drug-likeness (QED) is 0.361. The van der Waals surface area contributed by atoms with Gasteiger partial charge < -0.3 is 20.1 Å². The fourth-order valence-corrected chi connectivity index (χ4v) is 2.62. The largest absolute Gasteiger partial charge is 0.506 e. The first-order valence-electron chi connectivity index (χ1n) is 8.53. The Bertz CT molecular complexity index is 1020. The minimum absolute atomic E-state index is 0.134. The number of phenolic OH excluding ortho intramolecular Hbond substituents is 1. The average Bonchev–Trinajstić information content (AvgIpc) is 3.04. The maximum Gasteiger partial charge on any atom is 0.338 e. The van der Waals surface area contributed by atoms with Gasteiger partial charge in [-0.1, -0.05) is 18.2 Å². The van der Waals surface area contributed by atoms with Crippen LogP contribution >= 0.6 is 0 Å². The van der Waals surface area contributed by atoms with Gasteiger partial charge in [-0.3, -0.25) is 4.79 Å². The number of phenols is 1. The molecule has 138 valence electrons. The Morgan fingerprint density at radius 2 is 1.96 bits per heavy atom. The molecule has 0 bridgehead atoms. The minimum atomic E-state index is -0.519. The van der Waals surface area contributed by atoms with Crippen molar-refractivity contribution < 1.29 is 19.4 Å². The number of H-pyrrole nitrogens is 1. The van der Waals surface area contributed by atoms with Crippen LogP contribution in [0.15, 0.2) is 54.7 Å². The number of carbonyl (C=O) groups is 2. The predicted octanol–water partition coefficient (Wildman–Crippen LogP) is 4.09. The molecule has 0 fully saturated rings. The summed E-state index contributed by atoms with van der Waals surface area (Å²) in [5, 5.41) is 13.5. The van der Waals surface area contributed by atoms with Crippen molar-refractivity contribution in [2.45, 2.75) is 20.0 Å². The van der Waals surface area contributed by atoms with E-state index >= 15 is 0 Å². The molecule has 3 N–H and O–H groups in total. The number of para-hydroxylation sites is 1. The number of nitrogens with one attached hydrogen (secondary N) is 2. The van der Waals surface area contributed by atoms with Crippen LogP contribution in [0.3, 0.4) is 0 Å². The van der Waals surface area contributed by atoms with Gasteiger partial charge in [0.15, 0.2) is 0 Å². The fraction of sp³-hybridized carbons (Fsp3) is 0.143. The third-order valence-electron chi connectivity index (χ3n) is 3.87. The number of fused-ring (bicyclic) bond motifs is 1. The standard InChI is InChI=1S/C21H20N2O4/c1-13(2)27-21(26)14-7-9-19(24)18(11-14)23-20(25)10-8-15-12-22-17-6-4-3-5-16(15)17/h3-13,22,24H,1-2H3,(H,23,25). The van der Waals surface area contributed by atoms with E-state index in [2.05, 4.69) is 10.3 Å². The number of esters is 1. The minimum Gasteiger partial charge on any atom is -0.506 e. The molecule has 0 aliphatic rings. The highest BCUT2D eigenvalue weighted by Crippen LogP contribution is 2.25. The van der Waals surface area contributed by atoms with E-state index in [1.54, 1.807) is 19.9 Å². The Hall–Kier alpha value is -3.54. The van der Waals surface area contributed by atoms with Crippen LogP contribution in [-0.4, -0.2) is 28.1 Å². The Morgan fingerprint density at radius 1 is 1.19 bits per heavy atom. The summed E-state index contributed by atoms with van der Waals surface area (Å²) in [7, 11) is 0. The van der Waals surface area contributed by atoms with Gasteiger partial charge >= 0.3 is 5.97 Å². The third kappa shape index (κ3) is 4.36. The summed E-state index contributed by atoms with van der Waals surface area (Å²) in [6.45, 7) is 3.49. The van der Waals surface area contributed by atoms with Crippen molar-refractivity contribution in [3.05, 3.63) is 65.9 Å². The van der Waals surface area contributed by atoms with Crippen molar-refractivity contribution >= 4 is 34.5 Å². The zero-order valence-corrected chi connectivity index (χ0v) is 15.0. The monoisotopic (exact) mass is 364 g/mol. The fourth-order valence-electron chi connectivity index (χ4n) is 2.62. The van der Waals surface area contributed by atoms with Crippen molar-refractivity contribution in [3.63, 3.8) is 0 Å². The van der Waals surface area contributed by atoms with Crippen LogP contribution in [-0.2, 0) is 9.53 Å². The molecule has 0 atom stereocenters. The number of hydrogen-bond donors (Lipinski definition) is 3. The molecule has 27 heavy (non-hydrogen) atoms. The summed E-state index contributed by atoms with van der Waals surface area (Å²) in [5.41, 5.74) is 2.24. The Balaban J connectivity index is 1.74. The van der Waals surface area contributed by atoms with E-state index < -0.39 is 11.9 Å². The van der Waals surface area contributed by atoms with E-state index in [4.69, 9.17) is 4.74 Å². The molecule has 1 aromatic heterocycles. The molecular formula is C21H20N2O4.